The molecule has 0 unspecified atom stereocenters. The largest absolute Gasteiger partial charge is 0.468 e. The van der Waals surface area contributed by atoms with Gasteiger partial charge in [-0.3, -0.25) is 4.79 Å². The number of hydrogen-bond acceptors (Lipinski definition) is 2. The maximum Gasteiger partial charge on any atom is 0.416 e. The SMILES string of the molecule is COC(=O)[C@H](Br)c1cc(C(F)(F)F)cc(C(F)(F)F)c1. The second-order valence-electron chi connectivity index (χ2n) is 3.72. The number of halogens is 7. The van der Waals surface area contributed by atoms with Gasteiger partial charge in [-0.25, -0.2) is 0 Å². The molecule has 1 rings (SSSR count). The van der Waals surface area contributed by atoms with E-state index in [0.29, 0.717) is 12.1 Å². The first-order chi connectivity index (χ1) is 8.96. The Morgan fingerprint density at radius 1 is 1.05 bits per heavy atom. The summed E-state index contributed by atoms with van der Waals surface area (Å²) in [5.74, 6) is -1.00. The van der Waals surface area contributed by atoms with Gasteiger partial charge in [0.25, 0.3) is 0 Å². The lowest BCUT2D eigenvalue weighted by Crippen LogP contribution is -2.14. The normalized spacial score (nSPS) is 14.0. The molecule has 112 valence electrons. The Labute approximate surface area is 117 Å². The molecule has 0 amide bonds. The zero-order chi connectivity index (χ0) is 15.7. The van der Waals surface area contributed by atoms with E-state index in [1.807, 2.05) is 0 Å². The van der Waals surface area contributed by atoms with E-state index in [0.717, 1.165) is 7.11 Å². The summed E-state index contributed by atoms with van der Waals surface area (Å²) in [6.45, 7) is 0. The van der Waals surface area contributed by atoms with Crippen molar-refractivity contribution in [3.63, 3.8) is 0 Å². The molecule has 0 bridgehead atoms. The predicted molar refractivity (Wildman–Crippen MR) is 60.1 cm³/mol. The molecule has 1 aromatic carbocycles. The summed E-state index contributed by atoms with van der Waals surface area (Å²) in [5.41, 5.74) is -3.47. The highest BCUT2D eigenvalue weighted by Gasteiger charge is 2.38. The van der Waals surface area contributed by atoms with Crippen molar-refractivity contribution in [1.29, 1.82) is 0 Å². The highest BCUT2D eigenvalue weighted by Crippen LogP contribution is 2.38. The Kier molecular flexibility index (Phi) is 4.73. The van der Waals surface area contributed by atoms with Crippen LogP contribution in [0.15, 0.2) is 18.2 Å². The van der Waals surface area contributed by atoms with E-state index < -0.39 is 39.8 Å². The maximum absolute atomic E-state index is 12.6. The van der Waals surface area contributed by atoms with Crippen LogP contribution in [0.4, 0.5) is 26.3 Å². The molecule has 0 aliphatic heterocycles. The summed E-state index contributed by atoms with van der Waals surface area (Å²) in [6.07, 6.45) is -9.92. The minimum absolute atomic E-state index is 0.0134. The van der Waals surface area contributed by atoms with Crippen LogP contribution < -0.4 is 0 Å². The quantitative estimate of drug-likeness (QED) is 0.443. The van der Waals surface area contributed by atoms with Gasteiger partial charge in [0.15, 0.2) is 0 Å². The first kappa shape index (κ1) is 16.8. The standard InChI is InChI=1S/C11H7BrF6O2/c1-20-9(19)8(12)5-2-6(10(13,14)15)4-7(3-5)11(16,17)18/h2-4,8H,1H3/t8-/m1/s1. The number of rotatable bonds is 2. The van der Waals surface area contributed by atoms with Gasteiger partial charge in [0.05, 0.1) is 18.2 Å². The van der Waals surface area contributed by atoms with Crippen LogP contribution in [-0.2, 0) is 21.9 Å². The second-order valence-corrected chi connectivity index (χ2v) is 4.64. The molecule has 0 radical (unpaired) electrons. The Bertz CT molecular complexity index is 476. The first-order valence-corrected chi connectivity index (χ1v) is 5.89. The van der Waals surface area contributed by atoms with Gasteiger partial charge in [0.1, 0.15) is 4.83 Å². The minimum atomic E-state index is -4.96. The molecule has 0 spiro atoms. The average molecular weight is 365 g/mol. The number of methoxy groups -OCH3 is 1. The zero-order valence-corrected chi connectivity index (χ0v) is 11.4. The first-order valence-electron chi connectivity index (χ1n) is 4.98. The second kappa shape index (κ2) is 5.63. The van der Waals surface area contributed by atoms with E-state index in [1.54, 1.807) is 0 Å². The summed E-state index contributed by atoms with van der Waals surface area (Å²) in [6, 6.07) is 0.914. The van der Waals surface area contributed by atoms with Crippen molar-refractivity contribution in [2.75, 3.05) is 7.11 Å². The summed E-state index contributed by atoms with van der Waals surface area (Å²) in [4.78, 5) is 9.78. The Morgan fingerprint density at radius 3 is 1.75 bits per heavy atom. The molecule has 20 heavy (non-hydrogen) atoms. The van der Waals surface area contributed by atoms with E-state index in [4.69, 9.17) is 0 Å². The molecular formula is C11H7BrF6O2. The highest BCUT2D eigenvalue weighted by molar-refractivity contribution is 9.09. The monoisotopic (exact) mass is 364 g/mol. The fourth-order valence-corrected chi connectivity index (χ4v) is 1.82. The molecule has 2 nitrogen and oxygen atoms in total. The van der Waals surface area contributed by atoms with Crippen LogP contribution in [0.3, 0.4) is 0 Å². The predicted octanol–water partition coefficient (Wildman–Crippen LogP) is 4.33. The fraction of sp³-hybridized carbons (Fsp3) is 0.364. The molecule has 9 heteroatoms. The number of hydrogen-bond donors (Lipinski definition) is 0. The number of benzene rings is 1. The van der Waals surface area contributed by atoms with E-state index in [1.165, 1.54) is 0 Å². The molecule has 0 heterocycles. The number of alkyl halides is 7. The smallest absolute Gasteiger partial charge is 0.416 e. The summed E-state index contributed by atoms with van der Waals surface area (Å²) in [5, 5.41) is 0. The number of carbonyl (C=O) groups excluding carboxylic acids is 1. The molecule has 1 atom stereocenters. The van der Waals surface area contributed by atoms with E-state index in [9.17, 15) is 31.1 Å². The Balaban J connectivity index is 3.42. The van der Waals surface area contributed by atoms with Gasteiger partial charge in [-0.05, 0) is 23.8 Å². The van der Waals surface area contributed by atoms with Gasteiger partial charge >= 0.3 is 18.3 Å². The summed E-state index contributed by atoms with van der Waals surface area (Å²) in [7, 11) is 0.967. The van der Waals surface area contributed by atoms with Crippen LogP contribution in [0.1, 0.15) is 21.5 Å². The van der Waals surface area contributed by atoms with Crippen LogP contribution in [-0.4, -0.2) is 13.1 Å². The summed E-state index contributed by atoms with van der Waals surface area (Å²) < 4.78 is 79.8. The average Bonchev–Trinajstić information content (AvgIpc) is 2.34. The molecule has 0 fully saturated rings. The molecule has 0 aliphatic carbocycles. The highest BCUT2D eigenvalue weighted by atomic mass is 79.9. The van der Waals surface area contributed by atoms with Crippen LogP contribution in [0.5, 0.6) is 0 Å². The minimum Gasteiger partial charge on any atom is -0.468 e. The lowest BCUT2D eigenvalue weighted by molar-refractivity contribution is -0.144. The third-order valence-electron chi connectivity index (χ3n) is 2.31. The van der Waals surface area contributed by atoms with Gasteiger partial charge in [-0.2, -0.15) is 26.3 Å². The molecule has 0 saturated heterocycles. The number of carbonyl (C=O) groups is 1. The van der Waals surface area contributed by atoms with Gasteiger partial charge in [-0.1, -0.05) is 15.9 Å². The maximum atomic E-state index is 12.6. The van der Waals surface area contributed by atoms with Crippen LogP contribution in [0.25, 0.3) is 0 Å². The van der Waals surface area contributed by atoms with Crippen molar-refractivity contribution in [1.82, 2.24) is 0 Å². The van der Waals surface area contributed by atoms with E-state index in [2.05, 4.69) is 20.7 Å². The van der Waals surface area contributed by atoms with E-state index in [-0.39, 0.29) is 6.07 Å². The molecule has 0 N–H and O–H groups in total. The molecule has 0 saturated carbocycles. The Hall–Kier alpha value is -1.25. The van der Waals surface area contributed by atoms with Gasteiger partial charge in [-0.15, -0.1) is 0 Å². The zero-order valence-electron chi connectivity index (χ0n) is 9.77. The van der Waals surface area contributed by atoms with Gasteiger partial charge < -0.3 is 4.74 Å². The third kappa shape index (κ3) is 3.87. The van der Waals surface area contributed by atoms with Crippen molar-refractivity contribution >= 4 is 21.9 Å². The van der Waals surface area contributed by atoms with Crippen molar-refractivity contribution < 1.29 is 35.9 Å². The lowest BCUT2D eigenvalue weighted by atomic mass is 10.0. The molecular weight excluding hydrogens is 358 g/mol. The van der Waals surface area contributed by atoms with Crippen LogP contribution in [0.2, 0.25) is 0 Å². The third-order valence-corrected chi connectivity index (χ3v) is 3.21. The lowest BCUT2D eigenvalue weighted by Gasteiger charge is -2.16. The molecule has 0 aromatic heterocycles. The summed E-state index contributed by atoms with van der Waals surface area (Å²) >= 11 is 2.70. The number of esters is 1. The van der Waals surface area contributed by atoms with Crippen molar-refractivity contribution in [3.8, 4) is 0 Å². The van der Waals surface area contributed by atoms with Crippen molar-refractivity contribution in [2.24, 2.45) is 0 Å². The Morgan fingerprint density at radius 2 is 1.45 bits per heavy atom. The molecule has 0 aliphatic rings. The molecule has 1 aromatic rings. The fourth-order valence-electron chi connectivity index (χ4n) is 1.36. The van der Waals surface area contributed by atoms with E-state index >= 15 is 0 Å². The van der Waals surface area contributed by atoms with Crippen LogP contribution in [0, 0.1) is 0 Å². The van der Waals surface area contributed by atoms with Crippen molar-refractivity contribution in [3.05, 3.63) is 34.9 Å². The number of ether oxygens (including phenoxy) is 1. The van der Waals surface area contributed by atoms with Crippen LogP contribution >= 0.6 is 15.9 Å². The van der Waals surface area contributed by atoms with Gasteiger partial charge in [0, 0.05) is 0 Å². The topological polar surface area (TPSA) is 26.3 Å². The van der Waals surface area contributed by atoms with Crippen molar-refractivity contribution in [2.45, 2.75) is 17.2 Å². The van der Waals surface area contributed by atoms with Gasteiger partial charge in [0.2, 0.25) is 0 Å².